The number of aryl methyl sites for hydroxylation is 1. The molecule has 10 heteroatoms. The molecule has 1 saturated heterocycles. The van der Waals surface area contributed by atoms with Gasteiger partial charge in [0.1, 0.15) is 22.9 Å². The Balaban J connectivity index is 1.72. The lowest BCUT2D eigenvalue weighted by Crippen LogP contribution is -2.42. The van der Waals surface area contributed by atoms with E-state index in [0.29, 0.717) is 17.1 Å². The minimum atomic E-state index is -1.36. The fourth-order valence-electron chi connectivity index (χ4n) is 2.57. The summed E-state index contributed by atoms with van der Waals surface area (Å²) in [7, 11) is 0. The summed E-state index contributed by atoms with van der Waals surface area (Å²) in [5, 5.41) is 13.9. The van der Waals surface area contributed by atoms with Crippen molar-refractivity contribution in [1.29, 1.82) is 0 Å². The first-order chi connectivity index (χ1) is 12.3. The fraction of sp³-hybridized carbons (Fsp3) is 0.312. The number of anilines is 1. The number of rotatable bonds is 5. The highest BCUT2D eigenvalue weighted by Gasteiger charge is 2.49. The zero-order valence-electron chi connectivity index (χ0n) is 14.1. The molecule has 2 N–H and O–H groups in total. The van der Waals surface area contributed by atoms with E-state index in [2.05, 4.69) is 20.8 Å². The first-order valence-corrected chi connectivity index (χ1v) is 8.67. The van der Waals surface area contributed by atoms with E-state index in [9.17, 15) is 18.8 Å². The average molecular weight is 377 g/mol. The number of carbonyl (C=O) groups excluding carboxylic acids is 3. The third kappa shape index (κ3) is 3.27. The molecule has 1 aliphatic heterocycles. The highest BCUT2D eigenvalue weighted by atomic mass is 32.1. The summed E-state index contributed by atoms with van der Waals surface area (Å²) < 4.78 is 13.1. The van der Waals surface area contributed by atoms with E-state index in [4.69, 9.17) is 0 Å². The Kier molecular flexibility index (Phi) is 4.68. The minimum absolute atomic E-state index is 0.306. The first-order valence-electron chi connectivity index (χ1n) is 7.86. The summed E-state index contributed by atoms with van der Waals surface area (Å²) >= 11 is 1.23. The maximum Gasteiger partial charge on any atom is 0.325 e. The van der Waals surface area contributed by atoms with Crippen molar-refractivity contribution in [3.8, 4) is 0 Å². The van der Waals surface area contributed by atoms with Gasteiger partial charge in [-0.3, -0.25) is 19.8 Å². The molecule has 26 heavy (non-hydrogen) atoms. The molecule has 0 radical (unpaired) electrons. The Hall–Kier alpha value is -2.88. The number of hydrogen-bond donors (Lipinski definition) is 2. The summed E-state index contributed by atoms with van der Waals surface area (Å²) in [6.07, 6.45) is 0.691. The van der Waals surface area contributed by atoms with Gasteiger partial charge in [-0.1, -0.05) is 30.4 Å². The second kappa shape index (κ2) is 6.79. The number of nitrogens with one attached hydrogen (secondary N) is 2. The molecular formula is C16H16FN5O3S. The lowest BCUT2D eigenvalue weighted by atomic mass is 9.92. The quantitative estimate of drug-likeness (QED) is 0.771. The van der Waals surface area contributed by atoms with Crippen molar-refractivity contribution in [2.45, 2.75) is 25.8 Å². The highest BCUT2D eigenvalue weighted by molar-refractivity contribution is 7.15. The van der Waals surface area contributed by atoms with Gasteiger partial charge in [0.05, 0.1) is 0 Å². The Morgan fingerprint density at radius 3 is 2.62 bits per heavy atom. The summed E-state index contributed by atoms with van der Waals surface area (Å²) in [6.45, 7) is 2.97. The van der Waals surface area contributed by atoms with Gasteiger partial charge in [0.25, 0.3) is 5.91 Å². The monoisotopic (exact) mass is 377 g/mol. The summed E-state index contributed by atoms with van der Waals surface area (Å²) in [6, 6.07) is 4.56. The van der Waals surface area contributed by atoms with Crippen LogP contribution in [-0.4, -0.2) is 39.5 Å². The van der Waals surface area contributed by atoms with Crippen LogP contribution in [0, 0.1) is 5.82 Å². The molecule has 1 fully saturated rings. The second-order valence-corrected chi connectivity index (χ2v) is 6.92. The van der Waals surface area contributed by atoms with Crippen LogP contribution >= 0.6 is 11.3 Å². The van der Waals surface area contributed by atoms with Crippen molar-refractivity contribution in [2.75, 3.05) is 11.9 Å². The smallest absolute Gasteiger partial charge is 0.319 e. The number of imide groups is 1. The van der Waals surface area contributed by atoms with Gasteiger partial charge in [0.2, 0.25) is 11.0 Å². The van der Waals surface area contributed by atoms with Crippen LogP contribution in [0.25, 0.3) is 0 Å². The number of nitrogens with zero attached hydrogens (tertiary/aromatic N) is 3. The summed E-state index contributed by atoms with van der Waals surface area (Å²) in [4.78, 5) is 37.9. The van der Waals surface area contributed by atoms with Gasteiger partial charge in [-0.05, 0) is 31.0 Å². The molecule has 1 atom stereocenters. The van der Waals surface area contributed by atoms with Crippen LogP contribution in [0.5, 0.6) is 0 Å². The Bertz CT molecular complexity index is 869. The number of amides is 4. The van der Waals surface area contributed by atoms with E-state index in [0.717, 1.165) is 9.91 Å². The molecule has 2 heterocycles. The van der Waals surface area contributed by atoms with E-state index in [1.54, 1.807) is 0 Å². The van der Waals surface area contributed by atoms with Crippen molar-refractivity contribution >= 4 is 34.3 Å². The van der Waals surface area contributed by atoms with Crippen LogP contribution in [0.4, 0.5) is 14.3 Å². The van der Waals surface area contributed by atoms with Crippen LogP contribution in [0.3, 0.4) is 0 Å². The predicted molar refractivity (Wildman–Crippen MR) is 91.9 cm³/mol. The fourth-order valence-corrected chi connectivity index (χ4v) is 3.26. The molecule has 0 bridgehead atoms. The topological polar surface area (TPSA) is 104 Å². The minimum Gasteiger partial charge on any atom is -0.319 e. The van der Waals surface area contributed by atoms with Gasteiger partial charge >= 0.3 is 6.03 Å². The molecule has 0 spiro atoms. The van der Waals surface area contributed by atoms with E-state index >= 15 is 0 Å². The normalized spacial score (nSPS) is 19.6. The van der Waals surface area contributed by atoms with Gasteiger partial charge in [0, 0.05) is 0 Å². The maximum atomic E-state index is 13.1. The van der Waals surface area contributed by atoms with E-state index in [1.165, 1.54) is 42.5 Å². The van der Waals surface area contributed by atoms with Crippen molar-refractivity contribution < 1.29 is 18.8 Å². The second-order valence-electron chi connectivity index (χ2n) is 5.86. The lowest BCUT2D eigenvalue weighted by Gasteiger charge is -2.22. The zero-order chi connectivity index (χ0) is 18.9. The van der Waals surface area contributed by atoms with Gasteiger partial charge in [-0.2, -0.15) is 0 Å². The SMILES string of the molecule is CCc1nnc(NC(=O)CN2C(=O)N[C@](C)(c3ccc(F)cc3)C2=O)s1. The van der Waals surface area contributed by atoms with Crippen molar-refractivity contribution in [2.24, 2.45) is 0 Å². The van der Waals surface area contributed by atoms with Gasteiger partial charge in [-0.25, -0.2) is 9.18 Å². The third-order valence-electron chi connectivity index (χ3n) is 4.01. The van der Waals surface area contributed by atoms with Crippen LogP contribution in [0.15, 0.2) is 24.3 Å². The number of carbonyl (C=O) groups is 3. The van der Waals surface area contributed by atoms with E-state index in [1.807, 2.05) is 6.92 Å². The summed E-state index contributed by atoms with van der Waals surface area (Å²) in [5.74, 6) is -1.60. The van der Waals surface area contributed by atoms with E-state index < -0.39 is 35.7 Å². The van der Waals surface area contributed by atoms with Crippen LogP contribution in [-0.2, 0) is 21.5 Å². The van der Waals surface area contributed by atoms with E-state index in [-0.39, 0.29) is 0 Å². The standard InChI is InChI=1S/C16H16FN5O3S/c1-3-12-20-21-14(26-12)18-11(23)8-22-13(24)16(2,19-15(22)25)9-4-6-10(17)7-5-9/h4-7H,3,8H2,1-2H3,(H,19,25)(H,18,21,23)/t16-/m1/s1. The van der Waals surface area contributed by atoms with Gasteiger partial charge in [-0.15, -0.1) is 10.2 Å². The number of urea groups is 1. The molecule has 3 rings (SSSR count). The molecule has 136 valence electrons. The van der Waals surface area contributed by atoms with Crippen LogP contribution in [0.1, 0.15) is 24.4 Å². The van der Waals surface area contributed by atoms with Crippen LogP contribution < -0.4 is 10.6 Å². The average Bonchev–Trinajstić information content (AvgIpc) is 3.14. The zero-order valence-corrected chi connectivity index (χ0v) is 14.9. The molecule has 4 amide bonds. The van der Waals surface area contributed by atoms with Crippen molar-refractivity contribution in [3.63, 3.8) is 0 Å². The van der Waals surface area contributed by atoms with Crippen molar-refractivity contribution in [1.82, 2.24) is 20.4 Å². The molecule has 1 aliphatic rings. The lowest BCUT2D eigenvalue weighted by molar-refractivity contribution is -0.133. The third-order valence-corrected chi connectivity index (χ3v) is 5.00. The molecule has 1 aromatic carbocycles. The molecular weight excluding hydrogens is 361 g/mol. The van der Waals surface area contributed by atoms with Gasteiger partial charge in [0.15, 0.2) is 0 Å². The largest absolute Gasteiger partial charge is 0.325 e. The van der Waals surface area contributed by atoms with Gasteiger partial charge < -0.3 is 5.32 Å². The molecule has 1 aromatic heterocycles. The molecule has 0 aliphatic carbocycles. The number of aromatic nitrogens is 2. The molecule has 2 aromatic rings. The number of hydrogen-bond acceptors (Lipinski definition) is 6. The molecule has 8 nitrogen and oxygen atoms in total. The summed E-state index contributed by atoms with van der Waals surface area (Å²) in [5.41, 5.74) is -0.930. The molecule has 0 unspecified atom stereocenters. The first kappa shape index (κ1) is 17.9. The molecule has 0 saturated carbocycles. The van der Waals surface area contributed by atoms with Crippen molar-refractivity contribution in [3.05, 3.63) is 40.7 Å². The Morgan fingerprint density at radius 2 is 2.00 bits per heavy atom. The number of benzene rings is 1. The maximum absolute atomic E-state index is 13.1. The van der Waals surface area contributed by atoms with Crippen LogP contribution in [0.2, 0.25) is 0 Å². The predicted octanol–water partition coefficient (Wildman–Crippen LogP) is 1.65. The number of halogens is 1. The Morgan fingerprint density at radius 1 is 1.31 bits per heavy atom. The Labute approximate surface area is 152 Å². The highest BCUT2D eigenvalue weighted by Crippen LogP contribution is 2.29.